The number of benzene rings is 2. The van der Waals surface area contributed by atoms with Crippen molar-refractivity contribution in [1.82, 2.24) is 4.57 Å². The molecule has 3 rings (SSSR count). The molecule has 1 aromatic heterocycles. The second-order valence-corrected chi connectivity index (χ2v) is 4.22. The van der Waals surface area contributed by atoms with Crippen molar-refractivity contribution >= 4 is 17.2 Å². The molecule has 0 bridgehead atoms. The first-order valence-corrected chi connectivity index (χ1v) is 5.90. The zero-order valence-electron chi connectivity index (χ0n) is 10.1. The minimum Gasteiger partial charge on any atom is -0.314 e. The minimum atomic E-state index is 0.584. The maximum absolute atomic E-state index is 11.1. The first-order valence-electron chi connectivity index (χ1n) is 5.90. The van der Waals surface area contributed by atoms with Crippen LogP contribution in [0.4, 0.5) is 0 Å². The molecule has 19 heavy (non-hydrogen) atoms. The summed E-state index contributed by atoms with van der Waals surface area (Å²) in [5.74, 6) is 0. The van der Waals surface area contributed by atoms with Gasteiger partial charge in [0.1, 0.15) is 6.07 Å². The van der Waals surface area contributed by atoms with Gasteiger partial charge in [0.05, 0.1) is 16.8 Å². The number of aldehydes is 1. The Morgan fingerprint density at radius 3 is 2.58 bits per heavy atom. The van der Waals surface area contributed by atoms with Gasteiger partial charge in [-0.1, -0.05) is 30.3 Å². The smallest absolute Gasteiger partial charge is 0.152 e. The summed E-state index contributed by atoms with van der Waals surface area (Å²) in [5, 5.41) is 10.1. The summed E-state index contributed by atoms with van der Waals surface area (Å²) in [6.07, 6.45) is 2.61. The Labute approximate surface area is 110 Å². The summed E-state index contributed by atoms with van der Waals surface area (Å²) >= 11 is 0. The number of fused-ring (bicyclic) bond motifs is 1. The lowest BCUT2D eigenvalue weighted by Gasteiger charge is -2.06. The number of hydrogen-bond donors (Lipinski definition) is 0. The Hall–Kier alpha value is -2.86. The fourth-order valence-electron chi connectivity index (χ4n) is 2.28. The standard InChI is InChI=1S/C16H10N2O/c17-9-12-5-1-3-7-15(12)18-10-13(11-19)14-6-2-4-8-16(14)18/h1-8,10-11H. The van der Waals surface area contributed by atoms with E-state index in [1.54, 1.807) is 12.3 Å². The highest BCUT2D eigenvalue weighted by Crippen LogP contribution is 2.25. The van der Waals surface area contributed by atoms with E-state index in [4.69, 9.17) is 0 Å². The van der Waals surface area contributed by atoms with Gasteiger partial charge < -0.3 is 4.57 Å². The monoisotopic (exact) mass is 246 g/mol. The molecule has 0 amide bonds. The topological polar surface area (TPSA) is 45.8 Å². The molecule has 0 aliphatic heterocycles. The third kappa shape index (κ3) is 1.71. The van der Waals surface area contributed by atoms with Gasteiger partial charge in [0.2, 0.25) is 0 Å². The van der Waals surface area contributed by atoms with Crippen molar-refractivity contribution in [3.8, 4) is 11.8 Å². The lowest BCUT2D eigenvalue weighted by atomic mass is 10.2. The molecular formula is C16H10N2O. The molecule has 0 saturated carbocycles. The molecule has 0 fully saturated rings. The van der Waals surface area contributed by atoms with E-state index in [1.807, 2.05) is 47.0 Å². The molecule has 90 valence electrons. The molecule has 0 spiro atoms. The van der Waals surface area contributed by atoms with E-state index in [1.165, 1.54) is 0 Å². The van der Waals surface area contributed by atoms with E-state index in [2.05, 4.69) is 6.07 Å². The summed E-state index contributed by atoms with van der Waals surface area (Å²) in [6.45, 7) is 0. The normalized spacial score (nSPS) is 10.3. The Morgan fingerprint density at radius 1 is 1.05 bits per heavy atom. The van der Waals surface area contributed by atoms with Crippen LogP contribution in [-0.2, 0) is 0 Å². The van der Waals surface area contributed by atoms with Crippen molar-refractivity contribution < 1.29 is 4.79 Å². The number of nitrogens with zero attached hydrogens (tertiary/aromatic N) is 2. The number of para-hydroxylation sites is 2. The van der Waals surface area contributed by atoms with E-state index in [0.717, 1.165) is 22.9 Å². The van der Waals surface area contributed by atoms with Crippen LogP contribution < -0.4 is 0 Å². The van der Waals surface area contributed by atoms with Gasteiger partial charge in [-0.15, -0.1) is 0 Å². The zero-order valence-corrected chi connectivity index (χ0v) is 10.1. The number of carbonyl (C=O) groups excluding carboxylic acids is 1. The number of rotatable bonds is 2. The number of aromatic nitrogens is 1. The van der Waals surface area contributed by atoms with Gasteiger partial charge in [0, 0.05) is 17.1 Å². The van der Waals surface area contributed by atoms with E-state index in [-0.39, 0.29) is 0 Å². The lowest BCUT2D eigenvalue weighted by molar-refractivity contribution is 0.112. The largest absolute Gasteiger partial charge is 0.314 e. The predicted octanol–water partition coefficient (Wildman–Crippen LogP) is 3.31. The Morgan fingerprint density at radius 2 is 1.79 bits per heavy atom. The third-order valence-corrected chi connectivity index (χ3v) is 3.15. The summed E-state index contributed by atoms with van der Waals surface area (Å²) < 4.78 is 1.89. The Balaban J connectivity index is 2.38. The average Bonchev–Trinajstić information content (AvgIpc) is 2.86. The highest BCUT2D eigenvalue weighted by atomic mass is 16.1. The first-order chi connectivity index (χ1) is 9.35. The summed E-state index contributed by atoms with van der Waals surface area (Å²) in [4.78, 5) is 11.1. The Kier molecular flexibility index (Phi) is 2.62. The van der Waals surface area contributed by atoms with E-state index >= 15 is 0 Å². The van der Waals surface area contributed by atoms with Gasteiger partial charge in [-0.25, -0.2) is 0 Å². The molecule has 3 aromatic rings. The van der Waals surface area contributed by atoms with Gasteiger partial charge in [0.15, 0.2) is 6.29 Å². The molecule has 1 heterocycles. The fraction of sp³-hybridized carbons (Fsp3) is 0. The van der Waals surface area contributed by atoms with Crippen LogP contribution >= 0.6 is 0 Å². The van der Waals surface area contributed by atoms with Crippen LogP contribution in [0.15, 0.2) is 54.7 Å². The molecule has 0 aliphatic carbocycles. The molecule has 0 saturated heterocycles. The van der Waals surface area contributed by atoms with Crippen molar-refractivity contribution in [2.24, 2.45) is 0 Å². The van der Waals surface area contributed by atoms with Gasteiger partial charge in [0.25, 0.3) is 0 Å². The molecular weight excluding hydrogens is 236 g/mol. The highest BCUT2D eigenvalue weighted by molar-refractivity contribution is 5.98. The molecule has 0 radical (unpaired) electrons. The van der Waals surface area contributed by atoms with Crippen LogP contribution in [0.5, 0.6) is 0 Å². The minimum absolute atomic E-state index is 0.584. The van der Waals surface area contributed by atoms with Gasteiger partial charge >= 0.3 is 0 Å². The van der Waals surface area contributed by atoms with Crippen molar-refractivity contribution in [2.45, 2.75) is 0 Å². The quantitative estimate of drug-likeness (QED) is 0.651. The van der Waals surface area contributed by atoms with Crippen molar-refractivity contribution in [3.05, 3.63) is 65.9 Å². The summed E-state index contributed by atoms with van der Waals surface area (Å²) in [7, 11) is 0. The van der Waals surface area contributed by atoms with E-state index in [9.17, 15) is 10.1 Å². The average molecular weight is 246 g/mol. The molecule has 3 heteroatoms. The van der Waals surface area contributed by atoms with Crippen LogP contribution in [0.3, 0.4) is 0 Å². The van der Waals surface area contributed by atoms with Gasteiger partial charge in [-0.3, -0.25) is 4.79 Å². The molecule has 0 atom stereocenters. The molecule has 2 aromatic carbocycles. The van der Waals surface area contributed by atoms with Gasteiger partial charge in [-0.05, 0) is 18.2 Å². The second-order valence-electron chi connectivity index (χ2n) is 4.22. The van der Waals surface area contributed by atoms with Crippen LogP contribution in [0, 0.1) is 11.3 Å². The number of nitriles is 1. The van der Waals surface area contributed by atoms with Crippen LogP contribution in [0.25, 0.3) is 16.6 Å². The predicted molar refractivity (Wildman–Crippen MR) is 73.4 cm³/mol. The second kappa shape index (κ2) is 4.43. The maximum atomic E-state index is 11.1. The molecule has 0 unspecified atom stereocenters. The maximum Gasteiger partial charge on any atom is 0.152 e. The molecule has 0 N–H and O–H groups in total. The van der Waals surface area contributed by atoms with Crippen molar-refractivity contribution in [2.75, 3.05) is 0 Å². The molecule has 3 nitrogen and oxygen atoms in total. The highest BCUT2D eigenvalue weighted by Gasteiger charge is 2.10. The summed E-state index contributed by atoms with van der Waals surface area (Å²) in [5.41, 5.74) is 2.92. The van der Waals surface area contributed by atoms with Crippen LogP contribution in [0.2, 0.25) is 0 Å². The van der Waals surface area contributed by atoms with E-state index in [0.29, 0.717) is 11.1 Å². The van der Waals surface area contributed by atoms with Crippen molar-refractivity contribution in [1.29, 1.82) is 5.26 Å². The first kappa shape index (κ1) is 11.2. The number of hydrogen-bond acceptors (Lipinski definition) is 2. The number of carbonyl (C=O) groups is 1. The van der Waals surface area contributed by atoms with Crippen molar-refractivity contribution in [3.63, 3.8) is 0 Å². The zero-order chi connectivity index (χ0) is 13.2. The SMILES string of the molecule is N#Cc1ccccc1-n1cc(C=O)c2ccccc21. The fourth-order valence-corrected chi connectivity index (χ4v) is 2.28. The Bertz CT molecular complexity index is 809. The molecule has 0 aliphatic rings. The van der Waals surface area contributed by atoms with Crippen LogP contribution in [-0.4, -0.2) is 10.9 Å². The van der Waals surface area contributed by atoms with E-state index < -0.39 is 0 Å². The van der Waals surface area contributed by atoms with Gasteiger partial charge in [-0.2, -0.15) is 5.26 Å². The van der Waals surface area contributed by atoms with Crippen LogP contribution in [0.1, 0.15) is 15.9 Å². The third-order valence-electron chi connectivity index (χ3n) is 3.15. The lowest BCUT2D eigenvalue weighted by Crippen LogP contribution is -1.95. The summed E-state index contributed by atoms with van der Waals surface area (Å²) in [6, 6.07) is 17.2.